The molecule has 3 nitrogen and oxygen atoms in total. The van der Waals surface area contributed by atoms with E-state index in [9.17, 15) is 9.90 Å². The molecule has 3 heteroatoms. The average Bonchev–Trinajstić information content (AvgIpc) is 2.12. The first-order chi connectivity index (χ1) is 7.67. The Morgan fingerprint density at radius 2 is 1.71 bits per heavy atom. The topological polar surface area (TPSA) is 46.5 Å². The number of carboxylic acids is 1. The summed E-state index contributed by atoms with van der Waals surface area (Å²) in [5.41, 5.74) is -1.04. The highest BCUT2D eigenvalue weighted by molar-refractivity contribution is 5.76. The van der Waals surface area contributed by atoms with Gasteiger partial charge in [0.15, 0.2) is 5.60 Å². The van der Waals surface area contributed by atoms with E-state index in [1.165, 1.54) is 0 Å². The largest absolute Gasteiger partial charge is 0.479 e. The van der Waals surface area contributed by atoms with Gasteiger partial charge in [-0.1, -0.05) is 27.7 Å². The van der Waals surface area contributed by atoms with Crippen molar-refractivity contribution in [1.29, 1.82) is 0 Å². The molecule has 0 aliphatic heterocycles. The van der Waals surface area contributed by atoms with E-state index >= 15 is 0 Å². The van der Waals surface area contributed by atoms with E-state index in [-0.39, 0.29) is 6.10 Å². The summed E-state index contributed by atoms with van der Waals surface area (Å²) in [4.78, 5) is 11.3. The number of rotatable bonds is 8. The molecule has 0 rings (SSSR count). The van der Waals surface area contributed by atoms with Gasteiger partial charge in [0, 0.05) is 0 Å². The molecule has 2 atom stereocenters. The van der Waals surface area contributed by atoms with Crippen LogP contribution in [0.15, 0.2) is 0 Å². The summed E-state index contributed by atoms with van der Waals surface area (Å²) in [6, 6.07) is 0. The molecule has 0 radical (unpaired) electrons. The third-order valence-electron chi connectivity index (χ3n) is 2.92. The molecule has 0 spiro atoms. The minimum atomic E-state index is -1.04. The van der Waals surface area contributed by atoms with E-state index in [0.717, 1.165) is 12.8 Å². The summed E-state index contributed by atoms with van der Waals surface area (Å²) >= 11 is 0. The average molecular weight is 244 g/mol. The van der Waals surface area contributed by atoms with Gasteiger partial charge >= 0.3 is 5.97 Å². The van der Waals surface area contributed by atoms with Crippen LogP contribution >= 0.6 is 0 Å². The second kappa shape index (κ2) is 7.00. The van der Waals surface area contributed by atoms with Crippen molar-refractivity contribution < 1.29 is 14.6 Å². The van der Waals surface area contributed by atoms with E-state index < -0.39 is 11.6 Å². The Hall–Kier alpha value is -0.570. The van der Waals surface area contributed by atoms with Crippen molar-refractivity contribution in [3.8, 4) is 0 Å². The van der Waals surface area contributed by atoms with Gasteiger partial charge in [-0.3, -0.25) is 0 Å². The van der Waals surface area contributed by atoms with E-state index in [2.05, 4.69) is 27.7 Å². The van der Waals surface area contributed by atoms with Gasteiger partial charge in [0.05, 0.1) is 6.10 Å². The predicted molar refractivity (Wildman–Crippen MR) is 70.1 cm³/mol. The lowest BCUT2D eigenvalue weighted by Crippen LogP contribution is -2.41. The molecule has 0 saturated heterocycles. The van der Waals surface area contributed by atoms with Crippen LogP contribution in [0, 0.1) is 11.8 Å². The van der Waals surface area contributed by atoms with Crippen LogP contribution in [0.5, 0.6) is 0 Å². The first kappa shape index (κ1) is 16.4. The molecule has 0 aliphatic carbocycles. The molecule has 0 heterocycles. The Morgan fingerprint density at radius 1 is 1.18 bits per heavy atom. The third kappa shape index (κ3) is 6.67. The standard InChI is InChI=1S/C14H28O3/c1-10(2)7-8-14(6,13(15)16)17-12(5)9-11(3)4/h10-12H,7-9H2,1-6H3,(H,15,16). The lowest BCUT2D eigenvalue weighted by molar-refractivity contribution is -0.172. The molecule has 17 heavy (non-hydrogen) atoms. The summed E-state index contributed by atoms with van der Waals surface area (Å²) in [5, 5.41) is 9.30. The number of aliphatic carboxylic acids is 1. The second-order valence-corrected chi connectivity index (χ2v) is 6.03. The maximum Gasteiger partial charge on any atom is 0.335 e. The monoisotopic (exact) mass is 244 g/mol. The van der Waals surface area contributed by atoms with E-state index in [4.69, 9.17) is 4.74 Å². The summed E-state index contributed by atoms with van der Waals surface area (Å²) < 4.78 is 5.76. The molecule has 102 valence electrons. The van der Waals surface area contributed by atoms with Crippen molar-refractivity contribution in [2.45, 2.75) is 72.5 Å². The van der Waals surface area contributed by atoms with Crippen molar-refractivity contribution in [2.75, 3.05) is 0 Å². The van der Waals surface area contributed by atoms with Crippen molar-refractivity contribution in [3.63, 3.8) is 0 Å². The molecule has 2 unspecified atom stereocenters. The zero-order valence-electron chi connectivity index (χ0n) is 12.1. The van der Waals surface area contributed by atoms with Crippen LogP contribution in [0.25, 0.3) is 0 Å². The SMILES string of the molecule is CC(C)CCC(C)(OC(C)CC(C)C)C(=O)O. The highest BCUT2D eigenvalue weighted by atomic mass is 16.5. The van der Waals surface area contributed by atoms with Crippen LogP contribution in [-0.4, -0.2) is 22.8 Å². The summed E-state index contributed by atoms with van der Waals surface area (Å²) in [6.45, 7) is 12.1. The summed E-state index contributed by atoms with van der Waals surface area (Å²) in [6.07, 6.45) is 2.33. The minimum Gasteiger partial charge on any atom is -0.479 e. The molecule has 0 fully saturated rings. The first-order valence-corrected chi connectivity index (χ1v) is 6.58. The third-order valence-corrected chi connectivity index (χ3v) is 2.92. The molecule has 0 amide bonds. The number of carboxylic acid groups (broad SMARTS) is 1. The number of hydrogen-bond donors (Lipinski definition) is 1. The fraction of sp³-hybridized carbons (Fsp3) is 0.929. The minimum absolute atomic E-state index is 0.0109. The number of ether oxygens (including phenoxy) is 1. The molecule has 0 aromatic rings. The zero-order chi connectivity index (χ0) is 13.6. The Balaban J connectivity index is 4.45. The molecular formula is C14H28O3. The molecule has 0 aliphatic rings. The Labute approximate surface area is 106 Å². The molecule has 0 bridgehead atoms. The maximum absolute atomic E-state index is 11.3. The summed E-state index contributed by atoms with van der Waals surface area (Å²) in [7, 11) is 0. The van der Waals surface area contributed by atoms with Gasteiger partial charge in [-0.05, 0) is 44.9 Å². The van der Waals surface area contributed by atoms with Gasteiger partial charge < -0.3 is 9.84 Å². The normalized spacial score (nSPS) is 17.2. The van der Waals surface area contributed by atoms with Gasteiger partial charge in [-0.2, -0.15) is 0 Å². The Bertz CT molecular complexity index is 236. The van der Waals surface area contributed by atoms with Crippen LogP contribution in [0.2, 0.25) is 0 Å². The highest BCUT2D eigenvalue weighted by Crippen LogP contribution is 2.24. The molecular weight excluding hydrogens is 216 g/mol. The number of hydrogen-bond acceptors (Lipinski definition) is 2. The molecule has 0 aromatic carbocycles. The smallest absolute Gasteiger partial charge is 0.335 e. The van der Waals surface area contributed by atoms with Crippen LogP contribution in [0.3, 0.4) is 0 Å². The predicted octanol–water partition coefficient (Wildman–Crippen LogP) is 3.72. The van der Waals surface area contributed by atoms with Crippen molar-refractivity contribution >= 4 is 5.97 Å². The lowest BCUT2D eigenvalue weighted by atomic mass is 9.94. The van der Waals surface area contributed by atoms with Gasteiger partial charge in [0.2, 0.25) is 0 Å². The van der Waals surface area contributed by atoms with Crippen molar-refractivity contribution in [2.24, 2.45) is 11.8 Å². The summed E-state index contributed by atoms with van der Waals surface area (Å²) in [5.74, 6) is 0.166. The highest BCUT2D eigenvalue weighted by Gasteiger charge is 2.35. The van der Waals surface area contributed by atoms with E-state index in [0.29, 0.717) is 18.3 Å². The Kier molecular flexibility index (Phi) is 6.76. The van der Waals surface area contributed by atoms with Gasteiger partial charge in [-0.25, -0.2) is 4.79 Å². The van der Waals surface area contributed by atoms with Crippen LogP contribution in [0.4, 0.5) is 0 Å². The first-order valence-electron chi connectivity index (χ1n) is 6.58. The van der Waals surface area contributed by atoms with Crippen molar-refractivity contribution in [1.82, 2.24) is 0 Å². The lowest BCUT2D eigenvalue weighted by Gasteiger charge is -2.30. The molecule has 1 N–H and O–H groups in total. The Morgan fingerprint density at radius 3 is 2.06 bits per heavy atom. The fourth-order valence-electron chi connectivity index (χ4n) is 1.94. The van der Waals surface area contributed by atoms with Gasteiger partial charge in [0.1, 0.15) is 0 Å². The van der Waals surface area contributed by atoms with Gasteiger partial charge in [0.25, 0.3) is 0 Å². The van der Waals surface area contributed by atoms with E-state index in [1.807, 2.05) is 6.92 Å². The maximum atomic E-state index is 11.3. The van der Waals surface area contributed by atoms with Crippen molar-refractivity contribution in [3.05, 3.63) is 0 Å². The van der Waals surface area contributed by atoms with Crippen LogP contribution < -0.4 is 0 Å². The molecule has 0 aromatic heterocycles. The quantitative estimate of drug-likeness (QED) is 0.708. The van der Waals surface area contributed by atoms with E-state index in [1.54, 1.807) is 6.92 Å². The fourth-order valence-corrected chi connectivity index (χ4v) is 1.94. The molecule has 0 saturated carbocycles. The second-order valence-electron chi connectivity index (χ2n) is 6.03. The van der Waals surface area contributed by atoms with Crippen LogP contribution in [-0.2, 0) is 9.53 Å². The zero-order valence-corrected chi connectivity index (χ0v) is 12.1. The van der Waals surface area contributed by atoms with Crippen LogP contribution in [0.1, 0.15) is 60.8 Å². The van der Waals surface area contributed by atoms with Gasteiger partial charge in [-0.15, -0.1) is 0 Å². The number of carbonyl (C=O) groups is 1.